The minimum atomic E-state index is -0.129. The number of esters is 1. The van der Waals surface area contributed by atoms with Gasteiger partial charge in [0.05, 0.1) is 13.5 Å². The van der Waals surface area contributed by atoms with Crippen LogP contribution in [0.25, 0.3) is 0 Å². The Morgan fingerprint density at radius 2 is 1.80 bits per heavy atom. The second-order valence-electron chi connectivity index (χ2n) is 6.27. The number of methoxy groups -OCH3 is 1. The Morgan fingerprint density at radius 1 is 1.27 bits per heavy atom. The number of rotatable bonds is 3. The Kier molecular flexibility index (Phi) is 0.894. The summed E-state index contributed by atoms with van der Waals surface area (Å²) in [5, 5.41) is 0. The van der Waals surface area contributed by atoms with Crippen molar-refractivity contribution in [1.29, 1.82) is 0 Å². The Bertz CT molecular complexity index is 354. The fourth-order valence-corrected chi connectivity index (χ4v) is 6.70. The topological polar surface area (TPSA) is 52.3 Å². The van der Waals surface area contributed by atoms with E-state index in [1.54, 1.807) is 0 Å². The monoisotopic (exact) mass is 205 g/mol. The van der Waals surface area contributed by atoms with E-state index >= 15 is 0 Å². The smallest absolute Gasteiger partial charge is 0.307 e. The van der Waals surface area contributed by atoms with Gasteiger partial charge >= 0.3 is 5.97 Å². The fourth-order valence-electron chi connectivity index (χ4n) is 6.70. The Hall–Kier alpha value is -0.570. The molecule has 0 radical (unpaired) electrons. The van der Waals surface area contributed by atoms with Crippen molar-refractivity contribution in [1.82, 2.24) is 0 Å². The lowest BCUT2D eigenvalue weighted by atomic mass is 8.96. The normalized spacial score (nSPS) is 69.9. The third-order valence-electron chi connectivity index (χ3n) is 6.81. The Labute approximate surface area is 88.3 Å². The third kappa shape index (κ3) is 0.410. The van der Waals surface area contributed by atoms with Crippen LogP contribution in [0.15, 0.2) is 0 Å². The number of hydrogen-bond acceptors (Lipinski definition) is 3. The molecule has 3 heteroatoms. The van der Waals surface area contributed by atoms with Crippen LogP contribution in [0, 0.1) is 46.8 Å². The molecule has 6 saturated carbocycles. The zero-order valence-electron chi connectivity index (χ0n) is 8.72. The molecule has 0 aromatic heterocycles. The number of carbonyl (C=O) groups is 1. The lowest BCUT2D eigenvalue weighted by molar-refractivity contribution is -0.618. The molecule has 0 aliphatic heterocycles. The van der Waals surface area contributed by atoms with Crippen LogP contribution in [-0.4, -0.2) is 19.1 Å². The highest BCUT2D eigenvalue weighted by atomic mass is 16.5. The van der Waals surface area contributed by atoms with Crippen LogP contribution in [0.4, 0.5) is 0 Å². The summed E-state index contributed by atoms with van der Waals surface area (Å²) in [4.78, 5) is 11.3. The molecule has 80 valence electrons. The van der Waals surface area contributed by atoms with Crippen LogP contribution in [0.3, 0.4) is 0 Å². The van der Waals surface area contributed by atoms with E-state index in [4.69, 9.17) is 10.5 Å². The second kappa shape index (κ2) is 1.75. The minimum absolute atomic E-state index is 0.0925. The van der Waals surface area contributed by atoms with Gasteiger partial charge in [-0.25, -0.2) is 0 Å². The molecule has 6 aliphatic carbocycles. The molecule has 15 heavy (non-hydrogen) atoms. The first kappa shape index (κ1) is 7.66. The van der Waals surface area contributed by atoms with Crippen LogP contribution in [-0.2, 0) is 9.53 Å². The predicted octanol–water partition coefficient (Wildman–Crippen LogP) is 0.245. The molecule has 0 amide bonds. The molecule has 6 rings (SSSR count). The number of hydrogen-bond donors (Lipinski definition) is 1. The molecule has 0 heterocycles. The lowest BCUT2D eigenvalue weighted by Crippen LogP contribution is -3.07. The average molecular weight is 205 g/mol. The average Bonchev–Trinajstić information content (AvgIpc) is 2.29. The standard InChI is InChI=1S/C12H15NO2/c1-15-4(14)2-3(13)12-9-6-5-7(9)11(12)8(5)10(6)12/h3,5-11H,2,13H2,1H3. The molecule has 0 saturated heterocycles. The van der Waals surface area contributed by atoms with Crippen LogP contribution in [0.2, 0.25) is 0 Å². The number of nitrogens with two attached hydrogens (primary N) is 1. The zero-order valence-corrected chi connectivity index (χ0v) is 8.72. The van der Waals surface area contributed by atoms with Gasteiger partial charge in [-0.2, -0.15) is 0 Å². The maximum Gasteiger partial charge on any atom is 0.307 e. The SMILES string of the molecule is COC(=O)CC(N)C12C3C4C5C3C1C5C42. The van der Waals surface area contributed by atoms with Gasteiger partial charge in [-0.3, -0.25) is 4.79 Å². The van der Waals surface area contributed by atoms with E-state index in [0.29, 0.717) is 11.8 Å². The van der Waals surface area contributed by atoms with Crippen molar-refractivity contribution in [2.75, 3.05) is 7.11 Å². The first-order chi connectivity index (χ1) is 7.24. The maximum absolute atomic E-state index is 11.3. The molecule has 0 aromatic carbocycles. The van der Waals surface area contributed by atoms with Crippen molar-refractivity contribution in [3.05, 3.63) is 0 Å². The van der Waals surface area contributed by atoms with Crippen molar-refractivity contribution in [2.45, 2.75) is 12.5 Å². The first-order valence-corrected chi connectivity index (χ1v) is 6.07. The van der Waals surface area contributed by atoms with Gasteiger partial charge in [0.15, 0.2) is 0 Å². The van der Waals surface area contributed by atoms with Crippen molar-refractivity contribution < 1.29 is 9.53 Å². The Balaban J connectivity index is 1.42. The molecule has 1 unspecified atom stereocenters. The van der Waals surface area contributed by atoms with Gasteiger partial charge in [0.25, 0.3) is 0 Å². The molecule has 6 aliphatic rings. The van der Waals surface area contributed by atoms with E-state index in [1.807, 2.05) is 0 Å². The van der Waals surface area contributed by atoms with E-state index in [-0.39, 0.29) is 12.0 Å². The third-order valence-corrected chi connectivity index (χ3v) is 6.81. The van der Waals surface area contributed by atoms with Crippen LogP contribution >= 0.6 is 0 Å². The Morgan fingerprint density at radius 3 is 2.27 bits per heavy atom. The lowest BCUT2D eigenvalue weighted by Gasteiger charge is -3.08. The van der Waals surface area contributed by atoms with Gasteiger partial charge in [-0.1, -0.05) is 0 Å². The number of carbonyl (C=O) groups excluding carboxylic acids is 1. The summed E-state index contributed by atoms with van der Waals surface area (Å²) in [6, 6.07) is 0.0925. The summed E-state index contributed by atoms with van der Waals surface area (Å²) < 4.78 is 4.72. The van der Waals surface area contributed by atoms with Crippen molar-refractivity contribution in [3.63, 3.8) is 0 Å². The molecule has 2 N–H and O–H groups in total. The summed E-state index contributed by atoms with van der Waals surface area (Å²) in [6.07, 6.45) is 0.441. The maximum atomic E-state index is 11.3. The van der Waals surface area contributed by atoms with Gasteiger partial charge in [0.2, 0.25) is 0 Å². The molecule has 3 nitrogen and oxygen atoms in total. The summed E-state index contributed by atoms with van der Waals surface area (Å²) >= 11 is 0. The van der Waals surface area contributed by atoms with Crippen LogP contribution < -0.4 is 5.73 Å². The molecule has 1 atom stereocenters. The minimum Gasteiger partial charge on any atom is -0.469 e. The highest BCUT2D eigenvalue weighted by Crippen LogP contribution is 3.06. The molecular formula is C12H15NO2. The largest absolute Gasteiger partial charge is 0.469 e. The van der Waals surface area contributed by atoms with Gasteiger partial charge < -0.3 is 10.5 Å². The van der Waals surface area contributed by atoms with E-state index in [1.165, 1.54) is 7.11 Å². The molecule has 0 spiro atoms. The van der Waals surface area contributed by atoms with E-state index in [0.717, 1.165) is 41.4 Å². The highest BCUT2D eigenvalue weighted by Gasteiger charge is 3.04. The van der Waals surface area contributed by atoms with Crippen molar-refractivity contribution in [2.24, 2.45) is 52.6 Å². The van der Waals surface area contributed by atoms with E-state index < -0.39 is 0 Å². The van der Waals surface area contributed by atoms with E-state index in [2.05, 4.69) is 0 Å². The van der Waals surface area contributed by atoms with Gasteiger partial charge in [0, 0.05) is 6.04 Å². The van der Waals surface area contributed by atoms with Gasteiger partial charge in [-0.15, -0.1) is 0 Å². The zero-order chi connectivity index (χ0) is 10.1. The quantitative estimate of drug-likeness (QED) is 0.672. The molecule has 0 aromatic rings. The van der Waals surface area contributed by atoms with Crippen LogP contribution in [0.5, 0.6) is 0 Å². The fraction of sp³-hybridized carbons (Fsp3) is 0.917. The first-order valence-electron chi connectivity index (χ1n) is 6.07. The summed E-state index contributed by atoms with van der Waals surface area (Å²) in [6.45, 7) is 0. The highest BCUT2D eigenvalue weighted by molar-refractivity contribution is 5.70. The summed E-state index contributed by atoms with van der Waals surface area (Å²) in [7, 11) is 1.45. The van der Waals surface area contributed by atoms with Gasteiger partial charge in [0.1, 0.15) is 0 Å². The van der Waals surface area contributed by atoms with Crippen molar-refractivity contribution >= 4 is 5.97 Å². The van der Waals surface area contributed by atoms with Crippen LogP contribution in [0.1, 0.15) is 6.42 Å². The van der Waals surface area contributed by atoms with Crippen molar-refractivity contribution in [3.8, 4) is 0 Å². The van der Waals surface area contributed by atoms with E-state index in [9.17, 15) is 4.79 Å². The molecular weight excluding hydrogens is 190 g/mol. The van der Waals surface area contributed by atoms with Gasteiger partial charge in [-0.05, 0) is 46.8 Å². The summed E-state index contributed by atoms with van der Waals surface area (Å²) in [5.74, 6) is 6.94. The molecule has 6 fully saturated rings. The summed E-state index contributed by atoms with van der Waals surface area (Å²) in [5.41, 5.74) is 6.68. The molecule has 0 bridgehead atoms. The predicted molar refractivity (Wildman–Crippen MR) is 51.5 cm³/mol. The number of ether oxygens (including phenoxy) is 1. The second-order valence-corrected chi connectivity index (χ2v) is 6.27.